The molecule has 0 amide bonds. The summed E-state index contributed by atoms with van der Waals surface area (Å²) in [5, 5.41) is 3.57. The molecule has 1 atom stereocenters. The highest BCUT2D eigenvalue weighted by Crippen LogP contribution is 2.18. The Kier molecular flexibility index (Phi) is 4.56. The van der Waals surface area contributed by atoms with Crippen molar-refractivity contribution in [2.75, 3.05) is 19.6 Å². The van der Waals surface area contributed by atoms with Crippen molar-refractivity contribution >= 4 is 5.65 Å². The highest BCUT2D eigenvalue weighted by atomic mass is 15.2. The fourth-order valence-electron chi connectivity index (χ4n) is 3.16. The van der Waals surface area contributed by atoms with Gasteiger partial charge in [0, 0.05) is 31.5 Å². The van der Waals surface area contributed by atoms with E-state index in [1.165, 1.54) is 31.6 Å². The van der Waals surface area contributed by atoms with Crippen LogP contribution in [0.4, 0.5) is 0 Å². The standard InChI is InChI=1S/C17H26N4/c1-14(2)18-10-15-6-5-8-20(11-15)12-16-13-21-9-4-3-7-17(21)19-16/h3-4,7,9,13-15,18H,5-6,8,10-12H2,1-2H3. The second-order valence-electron chi connectivity index (χ2n) is 6.50. The average Bonchev–Trinajstić information content (AvgIpc) is 2.87. The summed E-state index contributed by atoms with van der Waals surface area (Å²) in [5.41, 5.74) is 2.22. The molecule has 0 bridgehead atoms. The molecule has 1 aliphatic heterocycles. The van der Waals surface area contributed by atoms with Gasteiger partial charge in [-0.2, -0.15) is 0 Å². The normalized spacial score (nSPS) is 20.4. The molecule has 21 heavy (non-hydrogen) atoms. The second-order valence-corrected chi connectivity index (χ2v) is 6.50. The van der Waals surface area contributed by atoms with Crippen molar-refractivity contribution in [3.63, 3.8) is 0 Å². The van der Waals surface area contributed by atoms with Crippen LogP contribution in [0.3, 0.4) is 0 Å². The Morgan fingerprint density at radius 1 is 1.38 bits per heavy atom. The fraction of sp³-hybridized carbons (Fsp3) is 0.588. The molecular formula is C17H26N4. The molecule has 1 unspecified atom stereocenters. The molecule has 1 N–H and O–H groups in total. The Bertz CT molecular complexity index is 542. The van der Waals surface area contributed by atoms with Crippen molar-refractivity contribution in [2.45, 2.75) is 39.3 Å². The Balaban J connectivity index is 1.59. The van der Waals surface area contributed by atoms with Gasteiger partial charge in [0.2, 0.25) is 0 Å². The van der Waals surface area contributed by atoms with Gasteiger partial charge in [0.15, 0.2) is 0 Å². The van der Waals surface area contributed by atoms with Gasteiger partial charge in [0.1, 0.15) is 5.65 Å². The summed E-state index contributed by atoms with van der Waals surface area (Å²) >= 11 is 0. The zero-order chi connectivity index (χ0) is 14.7. The van der Waals surface area contributed by atoms with Crippen LogP contribution in [0.15, 0.2) is 30.6 Å². The summed E-state index contributed by atoms with van der Waals surface area (Å²) in [4.78, 5) is 7.27. The van der Waals surface area contributed by atoms with Gasteiger partial charge in [-0.1, -0.05) is 19.9 Å². The highest BCUT2D eigenvalue weighted by molar-refractivity contribution is 5.39. The van der Waals surface area contributed by atoms with Crippen molar-refractivity contribution in [1.82, 2.24) is 19.6 Å². The van der Waals surface area contributed by atoms with Gasteiger partial charge < -0.3 is 9.72 Å². The number of hydrogen-bond donors (Lipinski definition) is 1. The number of nitrogens with zero attached hydrogens (tertiary/aromatic N) is 3. The minimum absolute atomic E-state index is 0.582. The van der Waals surface area contributed by atoms with Crippen LogP contribution in [-0.4, -0.2) is 40.0 Å². The Morgan fingerprint density at radius 3 is 3.10 bits per heavy atom. The molecular weight excluding hydrogens is 260 g/mol. The lowest BCUT2D eigenvalue weighted by Crippen LogP contribution is -2.40. The zero-order valence-electron chi connectivity index (χ0n) is 13.1. The monoisotopic (exact) mass is 286 g/mol. The van der Waals surface area contributed by atoms with Crippen LogP contribution in [-0.2, 0) is 6.54 Å². The average molecular weight is 286 g/mol. The number of pyridine rings is 1. The maximum atomic E-state index is 4.71. The zero-order valence-corrected chi connectivity index (χ0v) is 13.1. The van der Waals surface area contributed by atoms with Crippen LogP contribution in [0.2, 0.25) is 0 Å². The molecule has 4 nitrogen and oxygen atoms in total. The summed E-state index contributed by atoms with van der Waals surface area (Å²) in [6.07, 6.45) is 6.88. The van der Waals surface area contributed by atoms with E-state index in [0.29, 0.717) is 6.04 Å². The first kappa shape index (κ1) is 14.5. The van der Waals surface area contributed by atoms with Crippen LogP contribution in [0, 0.1) is 5.92 Å². The summed E-state index contributed by atoms with van der Waals surface area (Å²) in [6, 6.07) is 6.74. The molecule has 2 aromatic rings. The second kappa shape index (κ2) is 6.58. The van der Waals surface area contributed by atoms with Crippen molar-refractivity contribution < 1.29 is 0 Å². The van der Waals surface area contributed by atoms with Gasteiger partial charge in [-0.3, -0.25) is 4.90 Å². The molecule has 3 heterocycles. The van der Waals surface area contributed by atoms with E-state index in [-0.39, 0.29) is 0 Å². The third kappa shape index (κ3) is 3.83. The SMILES string of the molecule is CC(C)NCC1CCCN(Cc2cn3ccccc3n2)C1. The first-order valence-electron chi connectivity index (χ1n) is 8.09. The molecule has 1 aliphatic rings. The molecule has 2 aromatic heterocycles. The van der Waals surface area contributed by atoms with Gasteiger partial charge >= 0.3 is 0 Å². The van der Waals surface area contributed by atoms with Crippen LogP contribution in [0.1, 0.15) is 32.4 Å². The minimum Gasteiger partial charge on any atom is -0.314 e. The Labute approximate surface area is 127 Å². The lowest BCUT2D eigenvalue weighted by molar-refractivity contribution is 0.162. The quantitative estimate of drug-likeness (QED) is 0.917. The Morgan fingerprint density at radius 2 is 2.29 bits per heavy atom. The van der Waals surface area contributed by atoms with Crippen LogP contribution >= 0.6 is 0 Å². The van der Waals surface area contributed by atoms with Crippen molar-refractivity contribution in [3.05, 3.63) is 36.3 Å². The van der Waals surface area contributed by atoms with E-state index in [1.807, 2.05) is 12.1 Å². The molecule has 0 aromatic carbocycles. The van der Waals surface area contributed by atoms with E-state index in [9.17, 15) is 0 Å². The van der Waals surface area contributed by atoms with E-state index < -0.39 is 0 Å². The first-order chi connectivity index (χ1) is 10.2. The molecule has 114 valence electrons. The first-order valence-corrected chi connectivity index (χ1v) is 8.09. The number of fused-ring (bicyclic) bond motifs is 1. The minimum atomic E-state index is 0.582. The predicted octanol–water partition coefficient (Wildman–Crippen LogP) is 2.54. The lowest BCUT2D eigenvalue weighted by atomic mass is 9.97. The molecule has 1 saturated heterocycles. The van der Waals surface area contributed by atoms with Crippen LogP contribution in [0.25, 0.3) is 5.65 Å². The van der Waals surface area contributed by atoms with Gasteiger partial charge in [-0.15, -0.1) is 0 Å². The number of imidazole rings is 1. The molecule has 0 aliphatic carbocycles. The highest BCUT2D eigenvalue weighted by Gasteiger charge is 2.20. The molecule has 3 rings (SSSR count). The van der Waals surface area contributed by atoms with E-state index in [1.54, 1.807) is 0 Å². The molecule has 4 heteroatoms. The Hall–Kier alpha value is -1.39. The number of hydrogen-bond acceptors (Lipinski definition) is 3. The third-order valence-electron chi connectivity index (χ3n) is 4.22. The van der Waals surface area contributed by atoms with Crippen molar-refractivity contribution in [3.8, 4) is 0 Å². The number of rotatable bonds is 5. The van der Waals surface area contributed by atoms with E-state index >= 15 is 0 Å². The fourth-order valence-corrected chi connectivity index (χ4v) is 3.16. The molecule has 0 saturated carbocycles. The summed E-state index contributed by atoms with van der Waals surface area (Å²) < 4.78 is 2.11. The van der Waals surface area contributed by atoms with Crippen LogP contribution < -0.4 is 5.32 Å². The maximum Gasteiger partial charge on any atom is 0.137 e. The smallest absolute Gasteiger partial charge is 0.137 e. The van der Waals surface area contributed by atoms with Gasteiger partial charge in [-0.05, 0) is 44.0 Å². The van der Waals surface area contributed by atoms with Crippen LogP contribution in [0.5, 0.6) is 0 Å². The number of likely N-dealkylation sites (tertiary alicyclic amines) is 1. The van der Waals surface area contributed by atoms with Crippen molar-refractivity contribution in [2.24, 2.45) is 5.92 Å². The van der Waals surface area contributed by atoms with E-state index in [4.69, 9.17) is 4.98 Å². The molecule has 0 spiro atoms. The summed E-state index contributed by atoms with van der Waals surface area (Å²) in [5.74, 6) is 0.776. The van der Waals surface area contributed by atoms with E-state index in [2.05, 4.69) is 46.9 Å². The van der Waals surface area contributed by atoms with E-state index in [0.717, 1.165) is 24.7 Å². The largest absolute Gasteiger partial charge is 0.314 e. The summed E-state index contributed by atoms with van der Waals surface area (Å²) in [6.45, 7) is 8.94. The number of nitrogens with one attached hydrogen (secondary N) is 1. The van der Waals surface area contributed by atoms with Gasteiger partial charge in [-0.25, -0.2) is 4.98 Å². The number of aromatic nitrogens is 2. The molecule has 1 fully saturated rings. The topological polar surface area (TPSA) is 32.6 Å². The maximum absolute atomic E-state index is 4.71. The lowest BCUT2D eigenvalue weighted by Gasteiger charge is -2.32. The third-order valence-corrected chi connectivity index (χ3v) is 4.22. The molecule has 0 radical (unpaired) electrons. The predicted molar refractivity (Wildman–Crippen MR) is 86.3 cm³/mol. The number of piperidine rings is 1. The summed E-state index contributed by atoms with van der Waals surface area (Å²) in [7, 11) is 0. The van der Waals surface area contributed by atoms with Gasteiger partial charge in [0.25, 0.3) is 0 Å². The van der Waals surface area contributed by atoms with Crippen molar-refractivity contribution in [1.29, 1.82) is 0 Å². The van der Waals surface area contributed by atoms with Gasteiger partial charge in [0.05, 0.1) is 5.69 Å².